The molecular weight excluding hydrogens is 407 g/mol. The highest BCUT2D eigenvalue weighted by Gasteiger charge is 2.24. The van der Waals surface area contributed by atoms with Crippen molar-refractivity contribution >= 4 is 46.6 Å². The summed E-state index contributed by atoms with van der Waals surface area (Å²) in [7, 11) is 0. The summed E-state index contributed by atoms with van der Waals surface area (Å²) < 4.78 is 15.4. The van der Waals surface area contributed by atoms with Gasteiger partial charge in [0.25, 0.3) is 0 Å². The number of halogens is 2. The zero-order valence-corrected chi connectivity index (χ0v) is 16.6. The standard InChI is InChI=1S/C21H18ClFN6O/c1-11-12(7-20(30)25-11)6-13-10-24-29-19(26-15-3-4-15)9-18(28-21(13)29)27-17-8-14(23)2-5-16(17)22/h2,5-6,8-10,15,26H,1,3-4,7H2,(H,25,30)(H,27,28)/b12-6+. The number of nitrogens with one attached hydrogen (secondary N) is 3. The minimum absolute atomic E-state index is 0.0881. The van der Waals surface area contributed by atoms with Crippen molar-refractivity contribution in [2.75, 3.05) is 10.6 Å². The molecule has 9 heteroatoms. The van der Waals surface area contributed by atoms with E-state index in [1.54, 1.807) is 10.7 Å². The Kier molecular flexibility index (Phi) is 4.43. The number of hydrogen-bond donors (Lipinski definition) is 3. The molecule has 0 unspecified atom stereocenters. The Labute approximate surface area is 176 Å². The molecule has 0 spiro atoms. The molecule has 1 aromatic carbocycles. The summed E-state index contributed by atoms with van der Waals surface area (Å²) in [6.45, 7) is 3.88. The molecule has 1 amide bonds. The second kappa shape index (κ2) is 7.14. The van der Waals surface area contributed by atoms with E-state index >= 15 is 0 Å². The van der Waals surface area contributed by atoms with Crippen molar-refractivity contribution in [1.82, 2.24) is 19.9 Å². The first-order valence-corrected chi connectivity index (χ1v) is 9.91. The monoisotopic (exact) mass is 424 g/mol. The molecule has 1 aliphatic heterocycles. The molecule has 2 aliphatic rings. The van der Waals surface area contributed by atoms with Gasteiger partial charge in [0, 0.05) is 23.4 Å². The third-order valence-electron chi connectivity index (χ3n) is 4.98. The lowest BCUT2D eigenvalue weighted by Gasteiger charge is -2.12. The highest BCUT2D eigenvalue weighted by Crippen LogP contribution is 2.31. The number of nitrogens with zero attached hydrogens (tertiary/aromatic N) is 3. The quantitative estimate of drug-likeness (QED) is 0.570. The molecule has 0 bridgehead atoms. The maximum Gasteiger partial charge on any atom is 0.228 e. The minimum Gasteiger partial charge on any atom is -0.367 e. The first-order valence-electron chi connectivity index (χ1n) is 9.53. The van der Waals surface area contributed by atoms with Gasteiger partial charge in [0.15, 0.2) is 5.65 Å². The molecule has 1 aliphatic carbocycles. The van der Waals surface area contributed by atoms with E-state index in [1.807, 2.05) is 12.1 Å². The van der Waals surface area contributed by atoms with Gasteiger partial charge in [0.05, 0.1) is 23.3 Å². The van der Waals surface area contributed by atoms with E-state index in [4.69, 9.17) is 11.6 Å². The van der Waals surface area contributed by atoms with Crippen LogP contribution in [0.25, 0.3) is 11.7 Å². The van der Waals surface area contributed by atoms with E-state index in [0.29, 0.717) is 33.9 Å². The summed E-state index contributed by atoms with van der Waals surface area (Å²) in [5.74, 6) is 0.778. The molecule has 3 N–H and O–H groups in total. The second-order valence-corrected chi connectivity index (χ2v) is 7.81. The van der Waals surface area contributed by atoms with Gasteiger partial charge in [-0.05, 0) is 42.7 Å². The fraction of sp³-hybridized carbons (Fsp3) is 0.190. The predicted molar refractivity (Wildman–Crippen MR) is 114 cm³/mol. The fourth-order valence-electron chi connectivity index (χ4n) is 3.31. The van der Waals surface area contributed by atoms with Crippen LogP contribution in [0.4, 0.5) is 21.7 Å². The summed E-state index contributed by atoms with van der Waals surface area (Å²) in [6, 6.07) is 6.32. The maximum absolute atomic E-state index is 13.7. The predicted octanol–water partition coefficient (Wildman–Crippen LogP) is 4.26. The number of allylic oxidation sites excluding steroid dienone is 1. The topological polar surface area (TPSA) is 83.4 Å². The molecule has 152 valence electrons. The van der Waals surface area contributed by atoms with Crippen LogP contribution in [0.3, 0.4) is 0 Å². The number of carbonyl (C=O) groups is 1. The Morgan fingerprint density at radius 3 is 2.90 bits per heavy atom. The van der Waals surface area contributed by atoms with Gasteiger partial charge < -0.3 is 16.0 Å². The van der Waals surface area contributed by atoms with E-state index in [9.17, 15) is 9.18 Å². The number of amides is 1. The summed E-state index contributed by atoms with van der Waals surface area (Å²) >= 11 is 6.20. The van der Waals surface area contributed by atoms with Crippen LogP contribution in [0.15, 0.2) is 48.3 Å². The Morgan fingerprint density at radius 2 is 2.17 bits per heavy atom. The normalized spacial score (nSPS) is 17.6. The summed E-state index contributed by atoms with van der Waals surface area (Å²) in [4.78, 5) is 16.3. The lowest BCUT2D eigenvalue weighted by Crippen LogP contribution is -2.10. The molecule has 1 saturated carbocycles. The SMILES string of the molecule is C=C1NC(=O)C/C1=C\c1cnn2c(NC3CC3)cc(Nc3cc(F)ccc3Cl)nc12. The van der Waals surface area contributed by atoms with Crippen LogP contribution in [0.2, 0.25) is 5.02 Å². The number of carbonyl (C=O) groups excluding carboxylic acids is 1. The molecule has 3 aromatic rings. The maximum atomic E-state index is 13.7. The third-order valence-corrected chi connectivity index (χ3v) is 5.31. The Balaban J connectivity index is 1.59. The molecular formula is C21H18ClFN6O. The zero-order valence-electron chi connectivity index (χ0n) is 15.9. The Morgan fingerprint density at radius 1 is 1.33 bits per heavy atom. The van der Waals surface area contributed by atoms with Gasteiger partial charge in [-0.1, -0.05) is 18.2 Å². The number of rotatable bonds is 5. The highest BCUT2D eigenvalue weighted by molar-refractivity contribution is 6.33. The van der Waals surface area contributed by atoms with Crippen LogP contribution in [0.5, 0.6) is 0 Å². The average Bonchev–Trinajstić information content (AvgIpc) is 3.34. The fourth-order valence-corrected chi connectivity index (χ4v) is 3.48. The van der Waals surface area contributed by atoms with Gasteiger partial charge in [0.1, 0.15) is 17.5 Å². The summed E-state index contributed by atoms with van der Waals surface area (Å²) in [6.07, 6.45) is 6.00. The summed E-state index contributed by atoms with van der Waals surface area (Å²) in [5, 5.41) is 14.1. The van der Waals surface area contributed by atoms with Crippen molar-refractivity contribution < 1.29 is 9.18 Å². The van der Waals surface area contributed by atoms with E-state index in [-0.39, 0.29) is 12.3 Å². The van der Waals surface area contributed by atoms with E-state index < -0.39 is 5.82 Å². The first-order chi connectivity index (χ1) is 14.5. The van der Waals surface area contributed by atoms with Gasteiger partial charge in [-0.25, -0.2) is 9.37 Å². The zero-order chi connectivity index (χ0) is 20.8. The Bertz CT molecular complexity index is 1230. The second-order valence-electron chi connectivity index (χ2n) is 7.40. The van der Waals surface area contributed by atoms with Crippen LogP contribution < -0.4 is 16.0 Å². The van der Waals surface area contributed by atoms with E-state index in [0.717, 1.165) is 29.8 Å². The van der Waals surface area contributed by atoms with Crippen LogP contribution in [-0.4, -0.2) is 26.5 Å². The van der Waals surface area contributed by atoms with Crippen LogP contribution >= 0.6 is 11.6 Å². The molecule has 5 rings (SSSR count). The smallest absolute Gasteiger partial charge is 0.228 e. The van der Waals surface area contributed by atoms with E-state index in [1.165, 1.54) is 18.2 Å². The molecule has 0 atom stereocenters. The van der Waals surface area contributed by atoms with Crippen molar-refractivity contribution in [1.29, 1.82) is 0 Å². The van der Waals surface area contributed by atoms with Crippen molar-refractivity contribution in [3.63, 3.8) is 0 Å². The number of aromatic nitrogens is 3. The molecule has 2 fully saturated rings. The van der Waals surface area contributed by atoms with Crippen LogP contribution in [-0.2, 0) is 4.79 Å². The number of fused-ring (bicyclic) bond motifs is 1. The average molecular weight is 425 g/mol. The van der Waals surface area contributed by atoms with Gasteiger partial charge in [-0.15, -0.1) is 0 Å². The largest absolute Gasteiger partial charge is 0.367 e. The highest BCUT2D eigenvalue weighted by atomic mass is 35.5. The first kappa shape index (κ1) is 18.6. The lowest BCUT2D eigenvalue weighted by molar-refractivity contribution is -0.118. The number of hydrogen-bond acceptors (Lipinski definition) is 5. The lowest BCUT2D eigenvalue weighted by atomic mass is 10.1. The third kappa shape index (κ3) is 3.61. The van der Waals surface area contributed by atoms with Crippen LogP contribution in [0.1, 0.15) is 24.8 Å². The molecule has 30 heavy (non-hydrogen) atoms. The van der Waals surface area contributed by atoms with Gasteiger partial charge in [0.2, 0.25) is 5.91 Å². The molecule has 0 radical (unpaired) electrons. The van der Waals surface area contributed by atoms with Crippen molar-refractivity contribution in [2.24, 2.45) is 0 Å². The molecule has 7 nitrogen and oxygen atoms in total. The summed E-state index contributed by atoms with van der Waals surface area (Å²) in [5.41, 5.74) is 3.13. The number of anilines is 3. The van der Waals surface area contributed by atoms with Gasteiger partial charge in [-0.3, -0.25) is 4.79 Å². The molecule has 2 aromatic heterocycles. The molecule has 1 saturated heterocycles. The Hall–Kier alpha value is -3.39. The van der Waals surface area contributed by atoms with Crippen molar-refractivity contribution in [3.8, 4) is 0 Å². The molecule has 3 heterocycles. The number of benzene rings is 1. The minimum atomic E-state index is -0.397. The van der Waals surface area contributed by atoms with Gasteiger partial charge in [-0.2, -0.15) is 9.61 Å². The van der Waals surface area contributed by atoms with Crippen LogP contribution in [0, 0.1) is 5.82 Å². The van der Waals surface area contributed by atoms with E-state index in [2.05, 4.69) is 32.6 Å². The van der Waals surface area contributed by atoms with Crippen molar-refractivity contribution in [2.45, 2.75) is 25.3 Å². The van der Waals surface area contributed by atoms with Gasteiger partial charge >= 0.3 is 0 Å². The van der Waals surface area contributed by atoms with Crippen molar-refractivity contribution in [3.05, 3.63) is 64.7 Å².